The van der Waals surface area contributed by atoms with Gasteiger partial charge in [0.1, 0.15) is 11.3 Å². The highest BCUT2D eigenvalue weighted by molar-refractivity contribution is 5.83. The van der Waals surface area contributed by atoms with Gasteiger partial charge in [-0.3, -0.25) is 0 Å². The van der Waals surface area contributed by atoms with E-state index in [0.29, 0.717) is 0 Å². The fourth-order valence-corrected chi connectivity index (χ4v) is 2.89. The Bertz CT molecular complexity index is 931. The van der Waals surface area contributed by atoms with Gasteiger partial charge in [0.15, 0.2) is 0 Å². The lowest BCUT2D eigenvalue weighted by atomic mass is 10.0. The summed E-state index contributed by atoms with van der Waals surface area (Å²) in [5.41, 5.74) is 5.96. The summed E-state index contributed by atoms with van der Waals surface area (Å²) in [6, 6.07) is 27.6. The Labute approximate surface area is 136 Å². The summed E-state index contributed by atoms with van der Waals surface area (Å²) in [7, 11) is 0. The molecule has 0 spiro atoms. The maximum atomic E-state index is 6.00. The highest BCUT2D eigenvalue weighted by Crippen LogP contribution is 2.29. The summed E-state index contributed by atoms with van der Waals surface area (Å²) in [5.74, 6) is 0.928. The molecule has 0 fully saturated rings. The molecular formula is C22H18O. The largest absolute Gasteiger partial charge is 0.456 e. The van der Waals surface area contributed by atoms with E-state index in [1.165, 1.54) is 16.7 Å². The van der Waals surface area contributed by atoms with Crippen molar-refractivity contribution in [3.8, 4) is 11.3 Å². The third kappa shape index (κ3) is 2.91. The van der Waals surface area contributed by atoms with Crippen molar-refractivity contribution in [2.24, 2.45) is 0 Å². The molecule has 0 amide bonds. The van der Waals surface area contributed by atoms with Gasteiger partial charge in [-0.2, -0.15) is 0 Å². The van der Waals surface area contributed by atoms with E-state index in [4.69, 9.17) is 4.42 Å². The molecule has 0 radical (unpaired) electrons. The summed E-state index contributed by atoms with van der Waals surface area (Å²) in [4.78, 5) is 0. The normalized spacial score (nSPS) is 11.0. The molecule has 0 atom stereocenters. The van der Waals surface area contributed by atoms with Gasteiger partial charge in [-0.15, -0.1) is 0 Å². The second-order valence-electron chi connectivity index (χ2n) is 6.01. The third-order valence-corrected chi connectivity index (χ3v) is 4.17. The Hall–Kier alpha value is -2.80. The first-order valence-corrected chi connectivity index (χ1v) is 7.91. The standard InChI is InChI=1S/C22H18O/c1-16-7-10-19(11-8-16)22-15-20-14-18(9-12-21(20)23-22)13-17-5-3-2-4-6-17/h2-12,14-15H,13H2,1H3. The topological polar surface area (TPSA) is 13.1 Å². The van der Waals surface area contributed by atoms with E-state index >= 15 is 0 Å². The van der Waals surface area contributed by atoms with Crippen LogP contribution in [0.2, 0.25) is 0 Å². The second-order valence-corrected chi connectivity index (χ2v) is 6.01. The van der Waals surface area contributed by atoms with E-state index in [9.17, 15) is 0 Å². The van der Waals surface area contributed by atoms with E-state index in [-0.39, 0.29) is 0 Å². The molecule has 0 aliphatic heterocycles. The van der Waals surface area contributed by atoms with Crippen LogP contribution in [0, 0.1) is 6.92 Å². The van der Waals surface area contributed by atoms with Gasteiger partial charge in [-0.1, -0.05) is 66.2 Å². The van der Waals surface area contributed by atoms with Crippen molar-refractivity contribution in [1.29, 1.82) is 0 Å². The maximum absolute atomic E-state index is 6.00. The van der Waals surface area contributed by atoms with Crippen molar-refractivity contribution in [3.63, 3.8) is 0 Å². The van der Waals surface area contributed by atoms with Crippen LogP contribution in [0.5, 0.6) is 0 Å². The zero-order valence-electron chi connectivity index (χ0n) is 13.1. The first kappa shape index (κ1) is 13.8. The number of rotatable bonds is 3. The predicted molar refractivity (Wildman–Crippen MR) is 95.6 cm³/mol. The fraction of sp³-hybridized carbons (Fsp3) is 0.0909. The van der Waals surface area contributed by atoms with Crippen LogP contribution in [0.1, 0.15) is 16.7 Å². The van der Waals surface area contributed by atoms with Gasteiger partial charge in [0.25, 0.3) is 0 Å². The van der Waals surface area contributed by atoms with E-state index in [0.717, 1.165) is 28.7 Å². The zero-order chi connectivity index (χ0) is 15.6. The number of hydrogen-bond donors (Lipinski definition) is 0. The van der Waals surface area contributed by atoms with Crippen LogP contribution in [-0.2, 0) is 6.42 Å². The number of fused-ring (bicyclic) bond motifs is 1. The summed E-state index contributed by atoms with van der Waals surface area (Å²) >= 11 is 0. The van der Waals surface area contributed by atoms with Crippen LogP contribution in [0.25, 0.3) is 22.3 Å². The first-order valence-electron chi connectivity index (χ1n) is 7.91. The van der Waals surface area contributed by atoms with Crippen molar-refractivity contribution in [1.82, 2.24) is 0 Å². The molecular weight excluding hydrogens is 280 g/mol. The Morgan fingerprint density at radius 3 is 2.30 bits per heavy atom. The van der Waals surface area contributed by atoms with Crippen molar-refractivity contribution in [2.45, 2.75) is 13.3 Å². The molecule has 23 heavy (non-hydrogen) atoms. The van der Waals surface area contributed by atoms with Crippen LogP contribution in [-0.4, -0.2) is 0 Å². The van der Waals surface area contributed by atoms with Gasteiger partial charge in [0.2, 0.25) is 0 Å². The molecule has 0 aliphatic rings. The van der Waals surface area contributed by atoms with E-state index in [1.807, 2.05) is 0 Å². The zero-order valence-corrected chi connectivity index (χ0v) is 13.1. The first-order chi connectivity index (χ1) is 11.3. The number of furan rings is 1. The Balaban J connectivity index is 1.68. The lowest BCUT2D eigenvalue weighted by Crippen LogP contribution is -1.86. The van der Waals surface area contributed by atoms with E-state index in [1.54, 1.807) is 0 Å². The molecule has 0 saturated carbocycles. The molecule has 4 aromatic rings. The minimum absolute atomic E-state index is 0.928. The summed E-state index contributed by atoms with van der Waals surface area (Å²) < 4.78 is 6.00. The minimum Gasteiger partial charge on any atom is -0.456 e. The van der Waals surface area contributed by atoms with Crippen LogP contribution >= 0.6 is 0 Å². The molecule has 0 saturated heterocycles. The van der Waals surface area contributed by atoms with Gasteiger partial charge in [-0.25, -0.2) is 0 Å². The predicted octanol–water partition coefficient (Wildman–Crippen LogP) is 6.00. The van der Waals surface area contributed by atoms with E-state index in [2.05, 4.69) is 85.8 Å². The fourth-order valence-electron chi connectivity index (χ4n) is 2.89. The number of benzene rings is 3. The van der Waals surface area contributed by atoms with Crippen LogP contribution < -0.4 is 0 Å². The van der Waals surface area contributed by atoms with Crippen molar-refractivity contribution < 1.29 is 4.42 Å². The van der Waals surface area contributed by atoms with Crippen molar-refractivity contribution >= 4 is 11.0 Å². The van der Waals surface area contributed by atoms with E-state index < -0.39 is 0 Å². The molecule has 112 valence electrons. The molecule has 1 heterocycles. The Kier molecular flexibility index (Phi) is 3.47. The summed E-state index contributed by atoms with van der Waals surface area (Å²) in [5, 5.41) is 1.16. The average Bonchev–Trinajstić information content (AvgIpc) is 3.00. The van der Waals surface area contributed by atoms with Crippen LogP contribution in [0.4, 0.5) is 0 Å². The van der Waals surface area contributed by atoms with Gasteiger partial charge < -0.3 is 4.42 Å². The lowest BCUT2D eigenvalue weighted by Gasteiger charge is -2.01. The molecule has 4 rings (SSSR count). The quantitative estimate of drug-likeness (QED) is 0.452. The third-order valence-electron chi connectivity index (χ3n) is 4.17. The maximum Gasteiger partial charge on any atom is 0.135 e. The minimum atomic E-state index is 0.928. The Morgan fingerprint density at radius 2 is 1.52 bits per heavy atom. The second kappa shape index (κ2) is 5.77. The van der Waals surface area contributed by atoms with Gasteiger partial charge in [0, 0.05) is 10.9 Å². The molecule has 1 aromatic heterocycles. The van der Waals surface area contributed by atoms with Gasteiger partial charge >= 0.3 is 0 Å². The van der Waals surface area contributed by atoms with Crippen LogP contribution in [0.15, 0.2) is 83.3 Å². The Morgan fingerprint density at radius 1 is 0.739 bits per heavy atom. The SMILES string of the molecule is Cc1ccc(-c2cc3cc(Cc4ccccc4)ccc3o2)cc1. The lowest BCUT2D eigenvalue weighted by molar-refractivity contribution is 0.631. The average molecular weight is 298 g/mol. The molecule has 1 nitrogen and oxygen atoms in total. The smallest absolute Gasteiger partial charge is 0.135 e. The molecule has 0 unspecified atom stereocenters. The van der Waals surface area contributed by atoms with Gasteiger partial charge in [-0.05, 0) is 42.7 Å². The summed E-state index contributed by atoms with van der Waals surface area (Å²) in [6.07, 6.45) is 0.946. The molecule has 0 N–H and O–H groups in total. The van der Waals surface area contributed by atoms with Crippen LogP contribution in [0.3, 0.4) is 0 Å². The molecule has 0 aliphatic carbocycles. The highest BCUT2D eigenvalue weighted by Gasteiger charge is 2.07. The van der Waals surface area contributed by atoms with Gasteiger partial charge in [0.05, 0.1) is 0 Å². The van der Waals surface area contributed by atoms with Crippen molar-refractivity contribution in [2.75, 3.05) is 0 Å². The number of hydrogen-bond acceptors (Lipinski definition) is 1. The van der Waals surface area contributed by atoms with Crippen molar-refractivity contribution in [3.05, 3.63) is 95.6 Å². The summed E-state index contributed by atoms with van der Waals surface area (Å²) in [6.45, 7) is 2.10. The molecule has 3 aromatic carbocycles. The molecule has 0 bridgehead atoms. The molecule has 1 heteroatoms. The highest BCUT2D eigenvalue weighted by atomic mass is 16.3. The monoisotopic (exact) mass is 298 g/mol. The number of aryl methyl sites for hydroxylation is 1.